The molecule has 2 aliphatic rings. The van der Waals surface area contributed by atoms with E-state index >= 15 is 0 Å². The van der Waals surface area contributed by atoms with Crippen LogP contribution in [0.2, 0.25) is 0 Å². The first kappa shape index (κ1) is 12.4. The van der Waals surface area contributed by atoms with Gasteiger partial charge in [-0.25, -0.2) is 4.79 Å². The minimum Gasteiger partial charge on any atom is -0.323 e. The van der Waals surface area contributed by atoms with Gasteiger partial charge < -0.3 is 5.32 Å². The molecule has 4 nitrogen and oxygen atoms in total. The Morgan fingerprint density at radius 3 is 2.88 bits per heavy atom. The number of imide groups is 1. The molecule has 0 aromatic carbocycles. The molecule has 0 aromatic heterocycles. The van der Waals surface area contributed by atoms with Crippen LogP contribution in [0, 0.1) is 5.92 Å². The van der Waals surface area contributed by atoms with Crippen molar-refractivity contribution in [1.82, 2.24) is 10.2 Å². The zero-order valence-corrected chi connectivity index (χ0v) is 10.8. The summed E-state index contributed by atoms with van der Waals surface area (Å²) in [5.74, 6) is 0.543. The largest absolute Gasteiger partial charge is 0.325 e. The molecule has 2 rings (SSSR count). The van der Waals surface area contributed by atoms with Gasteiger partial charge in [0.2, 0.25) is 0 Å². The molecule has 1 spiro atoms. The Morgan fingerprint density at radius 2 is 2.24 bits per heavy atom. The topological polar surface area (TPSA) is 49.4 Å². The first-order valence-electron chi connectivity index (χ1n) is 6.73. The Balaban J connectivity index is 2.11. The lowest BCUT2D eigenvalue weighted by molar-refractivity contribution is -0.133. The molecule has 1 aliphatic carbocycles. The van der Waals surface area contributed by atoms with E-state index in [0.29, 0.717) is 12.5 Å². The maximum absolute atomic E-state index is 12.4. The maximum Gasteiger partial charge on any atom is 0.325 e. The molecular weight excluding hydrogens is 216 g/mol. The molecule has 4 heteroatoms. The third-order valence-electron chi connectivity index (χ3n) is 3.98. The fraction of sp³-hybridized carbons (Fsp3) is 0.846. The van der Waals surface area contributed by atoms with Crippen LogP contribution in [0.4, 0.5) is 4.79 Å². The molecule has 1 N–H and O–H groups in total. The van der Waals surface area contributed by atoms with Crippen molar-refractivity contribution in [1.29, 1.82) is 0 Å². The van der Waals surface area contributed by atoms with E-state index in [1.54, 1.807) is 0 Å². The number of hydrogen-bond donors (Lipinski definition) is 1. The summed E-state index contributed by atoms with van der Waals surface area (Å²) in [6.45, 7) is 4.79. The normalized spacial score (nSPS) is 33.3. The third kappa shape index (κ3) is 2.17. The summed E-state index contributed by atoms with van der Waals surface area (Å²) >= 11 is 0. The van der Waals surface area contributed by atoms with Gasteiger partial charge in [-0.15, -0.1) is 0 Å². The summed E-state index contributed by atoms with van der Waals surface area (Å²) in [5.41, 5.74) is -0.567. The van der Waals surface area contributed by atoms with Gasteiger partial charge in [-0.2, -0.15) is 0 Å². The molecular formula is C13H22N2O2. The first-order valence-corrected chi connectivity index (χ1v) is 6.73. The highest BCUT2D eigenvalue weighted by Crippen LogP contribution is 2.36. The molecule has 1 saturated carbocycles. The first-order chi connectivity index (χ1) is 8.09. The maximum atomic E-state index is 12.4. The summed E-state index contributed by atoms with van der Waals surface area (Å²) in [6, 6.07) is -0.183. The summed E-state index contributed by atoms with van der Waals surface area (Å²) in [6.07, 6.45) is 5.71. The Kier molecular flexibility index (Phi) is 3.40. The molecule has 0 radical (unpaired) electrons. The van der Waals surface area contributed by atoms with Crippen molar-refractivity contribution in [2.75, 3.05) is 6.54 Å². The summed E-state index contributed by atoms with van der Waals surface area (Å²) in [7, 11) is 0. The molecule has 2 atom stereocenters. The van der Waals surface area contributed by atoms with E-state index in [1.807, 2.05) is 0 Å². The van der Waals surface area contributed by atoms with Gasteiger partial charge in [-0.1, -0.05) is 33.1 Å². The molecule has 1 saturated heterocycles. The van der Waals surface area contributed by atoms with Crippen LogP contribution in [-0.2, 0) is 4.79 Å². The van der Waals surface area contributed by atoms with Crippen molar-refractivity contribution in [2.24, 2.45) is 5.92 Å². The second kappa shape index (κ2) is 4.67. The Bertz CT molecular complexity index is 329. The monoisotopic (exact) mass is 238 g/mol. The lowest BCUT2D eigenvalue weighted by Crippen LogP contribution is -2.50. The molecule has 3 amide bonds. The molecule has 2 unspecified atom stereocenters. The third-order valence-corrected chi connectivity index (χ3v) is 3.98. The van der Waals surface area contributed by atoms with Crippen LogP contribution in [0.5, 0.6) is 0 Å². The van der Waals surface area contributed by atoms with Crippen LogP contribution in [-0.4, -0.2) is 28.9 Å². The predicted octanol–water partition coefficient (Wildman–Crippen LogP) is 2.29. The SMILES string of the molecule is CCCCN1C(=O)NC2(CCCC(C)C2)C1=O. The number of nitrogens with one attached hydrogen (secondary N) is 1. The van der Waals surface area contributed by atoms with E-state index in [9.17, 15) is 9.59 Å². The van der Waals surface area contributed by atoms with E-state index in [0.717, 1.165) is 32.1 Å². The molecule has 96 valence electrons. The number of nitrogens with zero attached hydrogens (tertiary/aromatic N) is 1. The molecule has 0 aromatic rings. The van der Waals surface area contributed by atoms with Gasteiger partial charge in [-0.3, -0.25) is 9.69 Å². The number of carbonyl (C=O) groups excluding carboxylic acids is 2. The Hall–Kier alpha value is -1.06. The predicted molar refractivity (Wildman–Crippen MR) is 65.5 cm³/mol. The highest BCUT2D eigenvalue weighted by Gasteiger charge is 2.52. The zero-order valence-electron chi connectivity index (χ0n) is 10.8. The second-order valence-electron chi connectivity index (χ2n) is 5.52. The van der Waals surface area contributed by atoms with E-state index in [1.165, 1.54) is 11.3 Å². The van der Waals surface area contributed by atoms with Crippen LogP contribution >= 0.6 is 0 Å². The highest BCUT2D eigenvalue weighted by atomic mass is 16.2. The standard InChI is InChI=1S/C13H22N2O2/c1-3-4-8-15-11(16)13(14-12(15)17)7-5-6-10(2)9-13/h10H,3-9H2,1-2H3,(H,14,17). The second-order valence-corrected chi connectivity index (χ2v) is 5.52. The Morgan fingerprint density at radius 1 is 1.47 bits per heavy atom. The van der Waals surface area contributed by atoms with E-state index in [2.05, 4.69) is 19.2 Å². The van der Waals surface area contributed by atoms with Gasteiger partial charge in [0.1, 0.15) is 5.54 Å². The minimum atomic E-state index is -0.567. The van der Waals surface area contributed by atoms with Crippen molar-refractivity contribution in [2.45, 2.75) is 57.9 Å². The zero-order chi connectivity index (χ0) is 12.5. The van der Waals surface area contributed by atoms with Gasteiger partial charge in [0.15, 0.2) is 0 Å². The van der Waals surface area contributed by atoms with E-state index in [-0.39, 0.29) is 11.9 Å². The lowest BCUT2D eigenvalue weighted by atomic mass is 9.76. The van der Waals surface area contributed by atoms with E-state index in [4.69, 9.17) is 0 Å². The highest BCUT2D eigenvalue weighted by molar-refractivity contribution is 6.07. The van der Waals surface area contributed by atoms with Crippen molar-refractivity contribution < 1.29 is 9.59 Å². The number of unbranched alkanes of at least 4 members (excludes halogenated alkanes) is 1. The smallest absolute Gasteiger partial charge is 0.323 e. The quantitative estimate of drug-likeness (QED) is 0.767. The summed E-state index contributed by atoms with van der Waals surface area (Å²) < 4.78 is 0. The minimum absolute atomic E-state index is 0.0162. The number of hydrogen-bond acceptors (Lipinski definition) is 2. The van der Waals surface area contributed by atoms with Crippen molar-refractivity contribution in [3.63, 3.8) is 0 Å². The van der Waals surface area contributed by atoms with Crippen molar-refractivity contribution >= 4 is 11.9 Å². The van der Waals surface area contributed by atoms with Crippen LogP contribution in [0.25, 0.3) is 0 Å². The molecule has 17 heavy (non-hydrogen) atoms. The van der Waals surface area contributed by atoms with Gasteiger partial charge in [-0.05, 0) is 25.2 Å². The molecule has 1 heterocycles. The summed E-state index contributed by atoms with van der Waals surface area (Å²) in [5, 5.41) is 2.95. The average molecular weight is 238 g/mol. The van der Waals surface area contributed by atoms with Crippen molar-refractivity contribution in [3.8, 4) is 0 Å². The fourth-order valence-corrected chi connectivity index (χ4v) is 3.05. The number of rotatable bonds is 3. The van der Waals surface area contributed by atoms with Crippen LogP contribution in [0.15, 0.2) is 0 Å². The molecule has 2 fully saturated rings. The number of amides is 3. The van der Waals surface area contributed by atoms with Crippen LogP contribution in [0.3, 0.4) is 0 Å². The van der Waals surface area contributed by atoms with Crippen LogP contribution in [0.1, 0.15) is 52.4 Å². The van der Waals surface area contributed by atoms with Gasteiger partial charge >= 0.3 is 6.03 Å². The fourth-order valence-electron chi connectivity index (χ4n) is 3.05. The Labute approximate surface area is 103 Å². The molecule has 1 aliphatic heterocycles. The number of carbonyl (C=O) groups is 2. The molecule has 0 bridgehead atoms. The van der Waals surface area contributed by atoms with Crippen LogP contribution < -0.4 is 5.32 Å². The van der Waals surface area contributed by atoms with Gasteiger partial charge in [0.05, 0.1) is 0 Å². The van der Waals surface area contributed by atoms with Crippen molar-refractivity contribution in [3.05, 3.63) is 0 Å². The van der Waals surface area contributed by atoms with Gasteiger partial charge in [0, 0.05) is 6.54 Å². The van der Waals surface area contributed by atoms with E-state index < -0.39 is 5.54 Å². The lowest BCUT2D eigenvalue weighted by Gasteiger charge is -2.34. The summed E-state index contributed by atoms with van der Waals surface area (Å²) in [4.78, 5) is 25.7. The average Bonchev–Trinajstić information content (AvgIpc) is 2.49. The number of urea groups is 1. The van der Waals surface area contributed by atoms with Gasteiger partial charge in [0.25, 0.3) is 5.91 Å².